The van der Waals surface area contributed by atoms with Crippen molar-refractivity contribution in [2.45, 2.75) is 0 Å². The van der Waals surface area contributed by atoms with Crippen molar-refractivity contribution in [1.29, 1.82) is 0 Å². The molecule has 0 atom stereocenters. The molecule has 0 fully saturated rings. The summed E-state index contributed by atoms with van der Waals surface area (Å²) in [5.74, 6) is -3.55. The average molecular weight is 878 g/mol. The van der Waals surface area contributed by atoms with Gasteiger partial charge in [0, 0.05) is 27.5 Å². The van der Waals surface area contributed by atoms with Crippen LogP contribution in [0.2, 0.25) is 15.1 Å². The largest absolute Gasteiger partial charge is 3.00 e. The second-order valence-electron chi connectivity index (χ2n) is 9.22. The van der Waals surface area contributed by atoms with Gasteiger partial charge in [0.15, 0.2) is 0 Å². The van der Waals surface area contributed by atoms with E-state index in [0.717, 1.165) is 22.8 Å². The Bertz CT molecular complexity index is 1730. The van der Waals surface area contributed by atoms with Gasteiger partial charge in [-0.05, 0) is 89.5 Å². The molecule has 0 spiro atoms. The summed E-state index contributed by atoms with van der Waals surface area (Å²) in [6.45, 7) is 0. The number of aromatic carboxylic acids is 3. The van der Waals surface area contributed by atoms with E-state index in [1.165, 1.54) is 72.8 Å². The van der Waals surface area contributed by atoms with Crippen LogP contribution in [0.15, 0.2) is 140 Å². The van der Waals surface area contributed by atoms with Gasteiger partial charge in [0.25, 0.3) is 0 Å². The molecule has 50 heavy (non-hydrogen) atoms. The number of carbonyl (C=O) groups is 3. The van der Waals surface area contributed by atoms with Crippen molar-refractivity contribution < 1.29 is 73.8 Å². The summed E-state index contributed by atoms with van der Waals surface area (Å²) in [5, 5.41) is 32.0. The first-order valence-corrected chi connectivity index (χ1v) is 14.9. The minimum Gasteiger partial charge on any atom is -0.545 e. The van der Waals surface area contributed by atoms with Gasteiger partial charge in [-0.1, -0.05) is 89.4 Å². The van der Waals surface area contributed by atoms with E-state index < -0.39 is 17.9 Å². The van der Waals surface area contributed by atoms with E-state index in [-0.39, 0.29) is 60.8 Å². The fourth-order valence-electron chi connectivity index (χ4n) is 3.51. The normalized spacial score (nSPS) is 9.26. The molecule has 0 amide bonds. The van der Waals surface area contributed by atoms with E-state index in [0.29, 0.717) is 15.1 Å². The molecule has 3 aromatic carbocycles. The molecule has 0 saturated carbocycles. The molecule has 0 radical (unpaired) electrons. The second kappa shape index (κ2) is 23.1. The average Bonchev–Trinajstić information content (AvgIpc) is 3.10. The monoisotopic (exact) mass is 876 g/mol. The molecule has 3 heterocycles. The zero-order chi connectivity index (χ0) is 34.9. The Morgan fingerprint density at radius 1 is 0.420 bits per heavy atom. The minimum atomic E-state index is -1.18. The maximum atomic E-state index is 10.2. The summed E-state index contributed by atoms with van der Waals surface area (Å²) in [6, 6.07) is 34.9. The van der Waals surface area contributed by atoms with E-state index in [1.54, 1.807) is 12.4 Å². The summed E-state index contributed by atoms with van der Waals surface area (Å²) in [5.41, 5.74) is 3.89. The number of benzene rings is 3. The molecular formula is C36H26Cl3N3O7Tb+. The van der Waals surface area contributed by atoms with Crippen LogP contribution in [0.1, 0.15) is 31.1 Å². The van der Waals surface area contributed by atoms with Crippen molar-refractivity contribution >= 4 is 52.7 Å². The Balaban J connectivity index is 0.000000344. The Morgan fingerprint density at radius 2 is 0.700 bits per heavy atom. The number of carbonyl (C=O) groups excluding carboxylic acids is 3. The third kappa shape index (κ3) is 15.5. The van der Waals surface area contributed by atoms with Gasteiger partial charge in [-0.3, -0.25) is 9.97 Å². The SMILES string of the molecule is O=C([O-])c1ccc(Cl)cc1.O=C([O-])c1ccc(Cl)cc1.O=C([O-])c1ccc(Cl)cc1.[OH3+].[Tb+3].c1ccc(-c2cccc(-c3ccccn3)n2)nc1. The molecule has 6 rings (SSSR count). The molecule has 3 aromatic heterocycles. The van der Waals surface area contributed by atoms with Crippen molar-refractivity contribution in [2.24, 2.45) is 0 Å². The predicted molar refractivity (Wildman–Crippen MR) is 183 cm³/mol. The number of carboxylic acids is 3. The molecule has 0 saturated heterocycles. The number of halogens is 3. The minimum absolute atomic E-state index is 0. The van der Waals surface area contributed by atoms with Crippen molar-refractivity contribution in [3.8, 4) is 22.8 Å². The molecule has 10 nitrogen and oxygen atoms in total. The molecule has 0 bridgehead atoms. The molecule has 0 unspecified atom stereocenters. The first kappa shape index (κ1) is 43.7. The van der Waals surface area contributed by atoms with Crippen molar-refractivity contribution in [3.63, 3.8) is 0 Å². The van der Waals surface area contributed by atoms with Gasteiger partial charge in [-0.15, -0.1) is 0 Å². The van der Waals surface area contributed by atoms with Crippen LogP contribution in [0.4, 0.5) is 0 Å². The summed E-state index contributed by atoms with van der Waals surface area (Å²) in [6.07, 6.45) is 3.54. The van der Waals surface area contributed by atoms with E-state index in [9.17, 15) is 29.7 Å². The fraction of sp³-hybridized carbons (Fsp3) is 0. The van der Waals surface area contributed by atoms with Crippen LogP contribution in [0.25, 0.3) is 22.8 Å². The van der Waals surface area contributed by atoms with Crippen LogP contribution in [-0.4, -0.2) is 32.9 Å². The van der Waals surface area contributed by atoms with Gasteiger partial charge in [0.05, 0.1) is 40.7 Å². The van der Waals surface area contributed by atoms with Crippen molar-refractivity contribution in [3.05, 3.63) is 172 Å². The van der Waals surface area contributed by atoms with E-state index in [2.05, 4.69) is 15.0 Å². The van der Waals surface area contributed by atoms with E-state index in [1.807, 2.05) is 54.6 Å². The van der Waals surface area contributed by atoms with Gasteiger partial charge in [0.2, 0.25) is 0 Å². The summed E-state index contributed by atoms with van der Waals surface area (Å²) in [7, 11) is 0. The number of pyridine rings is 3. The first-order valence-electron chi connectivity index (χ1n) is 13.7. The summed E-state index contributed by atoms with van der Waals surface area (Å²) < 4.78 is 0. The maximum Gasteiger partial charge on any atom is 3.00 e. The van der Waals surface area contributed by atoms with Gasteiger partial charge >= 0.3 is 38.6 Å². The summed E-state index contributed by atoms with van der Waals surface area (Å²) in [4.78, 5) is 43.7. The Hall–Kier alpha value is -4.36. The molecule has 6 aromatic rings. The zero-order valence-electron chi connectivity index (χ0n) is 25.6. The third-order valence-corrected chi connectivity index (χ3v) is 6.60. The third-order valence-electron chi connectivity index (χ3n) is 5.84. The second-order valence-corrected chi connectivity index (χ2v) is 10.5. The Morgan fingerprint density at radius 3 is 0.940 bits per heavy atom. The van der Waals surface area contributed by atoms with Crippen LogP contribution < -0.4 is 15.3 Å². The van der Waals surface area contributed by atoms with E-state index in [4.69, 9.17) is 34.8 Å². The number of rotatable bonds is 5. The van der Waals surface area contributed by atoms with Gasteiger partial charge in [-0.2, -0.15) is 0 Å². The van der Waals surface area contributed by atoms with Gasteiger partial charge in [0.1, 0.15) is 0 Å². The quantitative estimate of drug-likeness (QED) is 0.226. The number of nitrogens with zero attached hydrogens (tertiary/aromatic N) is 3. The van der Waals surface area contributed by atoms with Crippen molar-refractivity contribution in [2.75, 3.05) is 0 Å². The predicted octanol–water partition coefficient (Wildman–Crippen LogP) is 4.39. The summed E-state index contributed by atoms with van der Waals surface area (Å²) >= 11 is 16.5. The maximum absolute atomic E-state index is 10.2. The Kier molecular flexibility index (Phi) is 20.2. The van der Waals surface area contributed by atoms with Gasteiger partial charge in [-0.25, -0.2) is 4.98 Å². The van der Waals surface area contributed by atoms with Crippen LogP contribution in [0, 0.1) is 38.6 Å². The smallest absolute Gasteiger partial charge is 0.545 e. The fourth-order valence-corrected chi connectivity index (χ4v) is 3.88. The van der Waals surface area contributed by atoms with Gasteiger partial charge < -0.3 is 35.2 Å². The number of carboxylic acid groups (broad SMARTS) is 3. The molecule has 0 aliphatic rings. The van der Waals surface area contributed by atoms with Crippen molar-refractivity contribution in [1.82, 2.24) is 15.0 Å². The molecule has 256 valence electrons. The molecule has 0 aliphatic heterocycles. The zero-order valence-corrected chi connectivity index (χ0v) is 30.0. The standard InChI is InChI=1S/C15H11N3.3C7H5ClO2.H2O.Tb/c1-3-10-16-12(6-1)14-8-5-9-15(18-14)13-7-2-4-11-17-13;3*8-6-3-1-5(2-4-6)7(9)10;;/h1-11H;3*1-4H,(H,9,10);1H2;/q;;;;;+3/p-2. The number of hydrogen-bond donors (Lipinski definition) is 0. The van der Waals surface area contributed by atoms with Crippen LogP contribution in [0.5, 0.6) is 0 Å². The van der Waals surface area contributed by atoms with Crippen LogP contribution >= 0.6 is 34.8 Å². The van der Waals surface area contributed by atoms with E-state index >= 15 is 0 Å². The van der Waals surface area contributed by atoms with Crippen LogP contribution in [-0.2, 0) is 5.48 Å². The molecule has 3 N–H and O–H groups in total. The topological polar surface area (TPSA) is 192 Å². The number of hydrogen-bond acceptors (Lipinski definition) is 9. The van der Waals surface area contributed by atoms with Crippen LogP contribution in [0.3, 0.4) is 0 Å². The first-order chi connectivity index (χ1) is 23.0. The number of aromatic nitrogens is 3. The molecule has 14 heteroatoms. The molecular weight excluding hydrogens is 852 g/mol. The molecule has 0 aliphatic carbocycles. The Labute approximate surface area is 333 Å².